The van der Waals surface area contributed by atoms with Gasteiger partial charge >= 0.3 is 0 Å². The molecular formula is C14H20BrNS. The lowest BCUT2D eigenvalue weighted by Crippen LogP contribution is -2.34. The van der Waals surface area contributed by atoms with Crippen LogP contribution in [0.1, 0.15) is 25.7 Å². The third kappa shape index (κ3) is 3.73. The summed E-state index contributed by atoms with van der Waals surface area (Å²) in [5.74, 6) is 2.05. The fraction of sp³-hybridized carbons (Fsp3) is 0.571. The smallest absolute Gasteiger partial charge is 0.0311 e. The Bertz CT molecular complexity index is 350. The summed E-state index contributed by atoms with van der Waals surface area (Å²) in [6.07, 6.45) is 5.65. The van der Waals surface area contributed by atoms with E-state index in [0.29, 0.717) is 6.04 Å². The van der Waals surface area contributed by atoms with E-state index >= 15 is 0 Å². The molecule has 1 aromatic carbocycles. The first kappa shape index (κ1) is 13.4. The van der Waals surface area contributed by atoms with Gasteiger partial charge in [-0.25, -0.2) is 0 Å². The lowest BCUT2D eigenvalue weighted by atomic mass is 10.0. The van der Waals surface area contributed by atoms with E-state index in [1.54, 1.807) is 0 Å². The van der Waals surface area contributed by atoms with Crippen LogP contribution in [0.15, 0.2) is 33.6 Å². The summed E-state index contributed by atoms with van der Waals surface area (Å²) in [7, 11) is 2.10. The molecule has 0 aromatic heterocycles. The average Bonchev–Trinajstić information content (AvgIpc) is 2.86. The third-order valence-corrected chi connectivity index (χ3v) is 5.74. The zero-order valence-electron chi connectivity index (χ0n) is 10.3. The molecule has 0 amide bonds. The molecule has 2 rings (SSSR count). The zero-order chi connectivity index (χ0) is 12.1. The van der Waals surface area contributed by atoms with E-state index in [4.69, 9.17) is 0 Å². The van der Waals surface area contributed by atoms with Gasteiger partial charge in [0.25, 0.3) is 0 Å². The predicted molar refractivity (Wildman–Crippen MR) is 79.7 cm³/mol. The molecule has 1 atom stereocenters. The van der Waals surface area contributed by atoms with E-state index in [2.05, 4.69) is 52.6 Å². The molecule has 1 nitrogen and oxygen atoms in total. The largest absolute Gasteiger partial charge is 0.316 e. The van der Waals surface area contributed by atoms with E-state index in [1.807, 2.05) is 11.8 Å². The first-order chi connectivity index (χ1) is 8.31. The van der Waals surface area contributed by atoms with E-state index in [-0.39, 0.29) is 0 Å². The highest BCUT2D eigenvalue weighted by molar-refractivity contribution is 9.10. The molecule has 1 aliphatic carbocycles. The van der Waals surface area contributed by atoms with Crippen molar-refractivity contribution in [3.8, 4) is 0 Å². The van der Waals surface area contributed by atoms with Gasteiger partial charge in [-0.1, -0.05) is 25.0 Å². The van der Waals surface area contributed by atoms with Crippen molar-refractivity contribution in [2.45, 2.75) is 36.6 Å². The number of halogens is 1. The van der Waals surface area contributed by atoms with Crippen LogP contribution in [0.3, 0.4) is 0 Å². The summed E-state index contributed by atoms with van der Waals surface area (Å²) >= 11 is 5.57. The fourth-order valence-corrected chi connectivity index (χ4v) is 4.36. The Kier molecular flexibility index (Phi) is 5.39. The summed E-state index contributed by atoms with van der Waals surface area (Å²) in [5, 5.41) is 3.50. The average molecular weight is 314 g/mol. The van der Waals surface area contributed by atoms with E-state index in [9.17, 15) is 0 Å². The molecule has 1 aliphatic rings. The fourth-order valence-electron chi connectivity index (χ4n) is 2.56. The van der Waals surface area contributed by atoms with Crippen molar-refractivity contribution >= 4 is 27.7 Å². The molecule has 1 fully saturated rings. The van der Waals surface area contributed by atoms with Gasteiger partial charge in [0.1, 0.15) is 0 Å². The van der Waals surface area contributed by atoms with Crippen LogP contribution in [0.25, 0.3) is 0 Å². The van der Waals surface area contributed by atoms with Crippen LogP contribution in [0.4, 0.5) is 0 Å². The number of thioether (sulfide) groups is 1. The molecule has 1 saturated carbocycles. The molecule has 0 spiro atoms. The Hall–Kier alpha value is 0.01000. The van der Waals surface area contributed by atoms with Gasteiger partial charge in [-0.3, -0.25) is 0 Å². The van der Waals surface area contributed by atoms with Crippen LogP contribution < -0.4 is 5.32 Å². The maximum absolute atomic E-state index is 3.61. The molecule has 0 saturated heterocycles. The van der Waals surface area contributed by atoms with Crippen LogP contribution >= 0.6 is 27.7 Å². The maximum atomic E-state index is 3.61. The van der Waals surface area contributed by atoms with E-state index in [0.717, 1.165) is 5.92 Å². The lowest BCUT2D eigenvalue weighted by Gasteiger charge is -2.22. The van der Waals surface area contributed by atoms with Crippen molar-refractivity contribution in [3.05, 3.63) is 28.7 Å². The highest BCUT2D eigenvalue weighted by Gasteiger charge is 2.23. The molecule has 3 heteroatoms. The molecule has 0 heterocycles. The lowest BCUT2D eigenvalue weighted by molar-refractivity contribution is 0.410. The van der Waals surface area contributed by atoms with E-state index < -0.39 is 0 Å². The summed E-state index contributed by atoms with van der Waals surface area (Å²) in [6.45, 7) is 0. The van der Waals surface area contributed by atoms with Gasteiger partial charge in [0, 0.05) is 21.2 Å². The number of nitrogens with one attached hydrogen (secondary N) is 1. The Labute approximate surface area is 117 Å². The van der Waals surface area contributed by atoms with Gasteiger partial charge < -0.3 is 5.32 Å². The molecule has 0 bridgehead atoms. The standard InChI is InChI=1S/C14H20BrNS/c1-16-13(11-6-2-3-7-11)10-17-14-9-5-4-8-12(14)15/h4-5,8-9,11,13,16H,2-3,6-7,10H2,1H3. The van der Waals surface area contributed by atoms with Gasteiger partial charge in [0.15, 0.2) is 0 Å². The zero-order valence-corrected chi connectivity index (χ0v) is 12.7. The number of hydrogen-bond acceptors (Lipinski definition) is 2. The molecule has 1 N–H and O–H groups in total. The number of rotatable bonds is 5. The summed E-state index contributed by atoms with van der Waals surface area (Å²) in [4.78, 5) is 1.35. The van der Waals surface area contributed by atoms with Crippen molar-refractivity contribution in [3.63, 3.8) is 0 Å². The molecule has 1 aromatic rings. The third-order valence-electron chi connectivity index (χ3n) is 3.59. The van der Waals surface area contributed by atoms with Crippen LogP contribution in [0.5, 0.6) is 0 Å². The normalized spacial score (nSPS) is 18.5. The summed E-state index contributed by atoms with van der Waals surface area (Å²) in [5.41, 5.74) is 0. The monoisotopic (exact) mass is 313 g/mol. The minimum absolute atomic E-state index is 0.662. The van der Waals surface area contributed by atoms with Gasteiger partial charge in [0.05, 0.1) is 0 Å². The molecule has 94 valence electrons. The van der Waals surface area contributed by atoms with Crippen molar-refractivity contribution in [2.24, 2.45) is 5.92 Å². The number of benzene rings is 1. The quantitative estimate of drug-likeness (QED) is 0.812. The summed E-state index contributed by atoms with van der Waals surface area (Å²) in [6, 6.07) is 9.15. The highest BCUT2D eigenvalue weighted by atomic mass is 79.9. The first-order valence-corrected chi connectivity index (χ1v) is 8.13. The maximum Gasteiger partial charge on any atom is 0.0311 e. The second kappa shape index (κ2) is 6.81. The Morgan fingerprint density at radius 1 is 1.35 bits per heavy atom. The van der Waals surface area contributed by atoms with Crippen LogP contribution in [0.2, 0.25) is 0 Å². The van der Waals surface area contributed by atoms with Crippen molar-refractivity contribution in [2.75, 3.05) is 12.8 Å². The Morgan fingerprint density at radius 2 is 2.06 bits per heavy atom. The molecule has 0 aliphatic heterocycles. The molecular weight excluding hydrogens is 294 g/mol. The molecule has 1 unspecified atom stereocenters. The highest BCUT2D eigenvalue weighted by Crippen LogP contribution is 2.32. The van der Waals surface area contributed by atoms with Crippen molar-refractivity contribution in [1.29, 1.82) is 0 Å². The van der Waals surface area contributed by atoms with Gasteiger partial charge in [0.2, 0.25) is 0 Å². The Morgan fingerprint density at radius 3 is 2.71 bits per heavy atom. The van der Waals surface area contributed by atoms with Crippen LogP contribution in [0, 0.1) is 5.92 Å². The van der Waals surface area contributed by atoms with E-state index in [1.165, 1.54) is 40.8 Å². The van der Waals surface area contributed by atoms with Crippen LogP contribution in [-0.4, -0.2) is 18.8 Å². The Balaban J connectivity index is 1.89. The van der Waals surface area contributed by atoms with Crippen LogP contribution in [-0.2, 0) is 0 Å². The number of hydrogen-bond donors (Lipinski definition) is 1. The first-order valence-electron chi connectivity index (χ1n) is 6.36. The topological polar surface area (TPSA) is 12.0 Å². The second-order valence-corrected chi connectivity index (χ2v) is 6.60. The van der Waals surface area contributed by atoms with Crippen molar-refractivity contribution < 1.29 is 0 Å². The van der Waals surface area contributed by atoms with Gasteiger partial charge in [-0.2, -0.15) is 0 Å². The van der Waals surface area contributed by atoms with Gasteiger partial charge in [-0.15, -0.1) is 11.8 Å². The molecule has 0 radical (unpaired) electrons. The summed E-state index contributed by atoms with van der Waals surface area (Å²) < 4.78 is 1.21. The van der Waals surface area contributed by atoms with Gasteiger partial charge in [-0.05, 0) is 53.9 Å². The predicted octanol–water partition coefficient (Wildman–Crippen LogP) is 4.32. The SMILES string of the molecule is CNC(CSc1ccccc1Br)C1CCCC1. The van der Waals surface area contributed by atoms with Crippen molar-refractivity contribution in [1.82, 2.24) is 5.32 Å². The second-order valence-electron chi connectivity index (χ2n) is 4.68. The minimum atomic E-state index is 0.662. The minimum Gasteiger partial charge on any atom is -0.316 e. The molecule has 17 heavy (non-hydrogen) atoms.